The van der Waals surface area contributed by atoms with Gasteiger partial charge in [0.05, 0.1) is 77.6 Å². The number of cyclic esters (lactones) is 1. The van der Waals surface area contributed by atoms with Crippen molar-refractivity contribution < 1.29 is 93.5 Å². The molecule has 2 heterocycles. The molecule has 2 aliphatic rings. The molecule has 1 aliphatic carbocycles. The lowest BCUT2D eigenvalue weighted by molar-refractivity contribution is -0.193. The van der Waals surface area contributed by atoms with Crippen molar-refractivity contribution >= 4 is 105 Å². The highest BCUT2D eigenvalue weighted by molar-refractivity contribution is 7.94. The molecule has 4 aromatic rings. The van der Waals surface area contributed by atoms with Gasteiger partial charge < -0.3 is 43.5 Å². The Morgan fingerprint density at radius 1 is 0.949 bits per heavy atom. The number of carboxylic acid groups (broad SMARTS) is 2. The number of sulfonamides is 1. The van der Waals surface area contributed by atoms with E-state index in [1.54, 1.807) is 18.6 Å². The fourth-order valence-corrected chi connectivity index (χ4v) is 8.48. The van der Waals surface area contributed by atoms with E-state index >= 15 is 0 Å². The maximum Gasteiger partial charge on any atom is 0.427 e. The van der Waals surface area contributed by atoms with Gasteiger partial charge in [-0.05, 0) is 99.2 Å². The van der Waals surface area contributed by atoms with Crippen molar-refractivity contribution in [1.82, 2.24) is 25.0 Å². The van der Waals surface area contributed by atoms with Crippen molar-refractivity contribution in [2.45, 2.75) is 76.5 Å². The van der Waals surface area contributed by atoms with Gasteiger partial charge in [-0.2, -0.15) is 28.1 Å². The van der Waals surface area contributed by atoms with Gasteiger partial charge in [0.1, 0.15) is 30.6 Å². The van der Waals surface area contributed by atoms with Crippen LogP contribution < -0.4 is 39.4 Å². The smallest absolute Gasteiger partial charge is 0.427 e. The Hall–Kier alpha value is -6.04. The second-order valence-corrected chi connectivity index (χ2v) is 23.6. The maximum absolute atomic E-state index is 14.3. The largest absolute Gasteiger partial charge is 0.778 e. The van der Waals surface area contributed by atoms with E-state index in [0.717, 1.165) is 37.8 Å². The summed E-state index contributed by atoms with van der Waals surface area (Å²) in [6.07, 6.45) is 2.68. The number of benzene rings is 3. The third-order valence-electron chi connectivity index (χ3n) is 9.43. The highest BCUT2D eigenvalue weighted by atomic mass is 35.5. The quantitative estimate of drug-likeness (QED) is 0.0283. The number of nitrogens with zero attached hydrogens (tertiary/aromatic N) is 4. The van der Waals surface area contributed by atoms with Gasteiger partial charge in [0.2, 0.25) is 5.95 Å². The van der Waals surface area contributed by atoms with E-state index in [0.29, 0.717) is 21.4 Å². The highest BCUT2D eigenvalue weighted by Crippen LogP contribution is 2.38. The number of hydrogen-bond donors (Lipinski definition) is 6. The van der Waals surface area contributed by atoms with Gasteiger partial charge in [0.15, 0.2) is 11.5 Å². The summed E-state index contributed by atoms with van der Waals surface area (Å²) in [5.74, 6) is -3.63. The maximum atomic E-state index is 14.3. The van der Waals surface area contributed by atoms with Crippen LogP contribution in [-0.2, 0) is 46.2 Å². The highest BCUT2D eigenvalue weighted by Gasteiger charge is 2.40. The lowest BCUT2D eigenvalue weighted by atomic mass is 10.1. The van der Waals surface area contributed by atoms with Gasteiger partial charge in [-0.3, -0.25) is 20.2 Å². The van der Waals surface area contributed by atoms with Crippen LogP contribution in [0.5, 0.6) is 17.5 Å². The number of methoxy groups -OCH3 is 2. The monoisotopic (exact) mass is 1240 g/mol. The van der Waals surface area contributed by atoms with Gasteiger partial charge >= 0.3 is 42.2 Å². The number of anilines is 2. The van der Waals surface area contributed by atoms with Crippen LogP contribution in [0.1, 0.15) is 67.7 Å². The van der Waals surface area contributed by atoms with Crippen LogP contribution in [0.25, 0.3) is 0 Å². The topological polar surface area (TPSA) is 335 Å². The van der Waals surface area contributed by atoms with Crippen molar-refractivity contribution in [2.75, 3.05) is 56.0 Å². The Labute approximate surface area is 468 Å². The zero-order valence-corrected chi connectivity index (χ0v) is 48.0. The van der Waals surface area contributed by atoms with E-state index in [9.17, 15) is 59.4 Å². The summed E-state index contributed by atoms with van der Waals surface area (Å²) in [6, 6.07) is 9.03. The summed E-state index contributed by atoms with van der Waals surface area (Å²) in [6.45, 7) is 4.29. The molecule has 1 atom stereocenters. The second kappa shape index (κ2) is 31.7. The van der Waals surface area contributed by atoms with Crippen LogP contribution >= 0.6 is 42.4 Å². The first-order valence-corrected chi connectivity index (χ1v) is 29.3. The number of imide groups is 1. The lowest BCUT2D eigenvalue weighted by Gasteiger charge is -2.18. The number of aryl methyl sites for hydroxylation is 2. The lowest BCUT2D eigenvalue weighted by Crippen LogP contribution is -2.35. The normalized spacial score (nSPS) is 13.8. The van der Waals surface area contributed by atoms with Crippen molar-refractivity contribution in [3.05, 3.63) is 97.7 Å². The zero-order valence-electron chi connectivity index (χ0n) is 43.2. The molecule has 2 fully saturated rings. The first kappa shape index (κ1) is 69.1. The second-order valence-electron chi connectivity index (χ2n) is 16.7. The molecular weight excluding hydrogens is 1180 g/mol. The average molecular weight is 1240 g/mol. The number of urea groups is 1. The van der Waals surface area contributed by atoms with E-state index in [1.807, 2.05) is 5.32 Å². The van der Waals surface area contributed by atoms with Crippen LogP contribution in [0.15, 0.2) is 64.8 Å². The number of aromatic nitrogens is 3. The Morgan fingerprint density at radius 3 is 2.05 bits per heavy atom. The Morgan fingerprint density at radius 2 is 1.54 bits per heavy atom. The molecule has 33 heteroatoms. The average Bonchev–Trinajstić information content (AvgIpc) is 4.01. The number of aromatic carboxylic acids is 1. The summed E-state index contributed by atoms with van der Waals surface area (Å²) in [4.78, 5) is 86.4. The molecule has 1 unspecified atom stereocenters. The number of ether oxygens (including phenoxy) is 4. The molecule has 1 saturated carbocycles. The molecule has 1 aliphatic heterocycles. The van der Waals surface area contributed by atoms with E-state index in [-0.39, 0.29) is 73.0 Å². The van der Waals surface area contributed by atoms with Crippen molar-refractivity contribution in [1.29, 1.82) is 0 Å². The predicted octanol–water partition coefficient (Wildman–Crippen LogP) is 8.13. The van der Waals surface area contributed by atoms with E-state index in [1.165, 1.54) is 57.5 Å². The summed E-state index contributed by atoms with van der Waals surface area (Å²) >= 11 is 17.4. The number of carbonyl (C=O) groups is 5. The van der Waals surface area contributed by atoms with Gasteiger partial charge in [-0.1, -0.05) is 53.0 Å². The zero-order chi connectivity index (χ0) is 60.2. The third kappa shape index (κ3) is 24.1. The molecule has 0 bridgehead atoms. The number of allylic oxidation sites excluding steroid dienone is 1. The van der Waals surface area contributed by atoms with Crippen LogP contribution in [0.4, 0.5) is 38.8 Å². The van der Waals surface area contributed by atoms with Gasteiger partial charge in [0, 0.05) is 12.5 Å². The van der Waals surface area contributed by atoms with Gasteiger partial charge in [-0.15, -0.1) is 0 Å². The number of nitrogens with one attached hydrogen (secondary N) is 3. The molecule has 0 radical (unpaired) electrons. The summed E-state index contributed by atoms with van der Waals surface area (Å²) in [7, 11) is -5.51. The first-order valence-electron chi connectivity index (χ1n) is 22.5. The van der Waals surface area contributed by atoms with E-state index in [4.69, 9.17) is 68.9 Å². The molecule has 1 saturated heterocycles. The fourth-order valence-electron chi connectivity index (χ4n) is 6.24. The minimum absolute atomic E-state index is 0.00962. The first-order chi connectivity index (χ1) is 36.6. The number of carboxylic acids is 2. The standard InChI is InChI=1S/C17H17ClFNO4.C15H16F3N5O4S.C8H6Cl2O3.C3H8NO5P.C3H9S/c1-9(2)15-16(21)20(17(22)24-15)13-8-14(11(18)7-12(13)19)23-10-5-3-4-6-10;1-9-19-12(22-14(20-9)27-2)21-13(24)23-28(25,26)11-6-4-3-5-10(11)7-8-15(16,17)18;1-13-7-5(10)3-2-4(9)6(7)8(11)12;5-3(6)1-4-2-10(7,8)9;1-4(2)3/h7-8,10H,3-6H2,1-2H3;3-6H,7-8H2,1-2H3,(H2,19,20,21,22,23,24);2-3H,1H3,(H,11,12);4H,1-2H2,(H,5,6)(H2,7,8,9);1-3H3/q;;;;+1/p-1. The molecule has 436 valence electrons. The number of aliphatic carboxylic acids is 1. The van der Waals surface area contributed by atoms with Crippen molar-refractivity contribution in [3.8, 4) is 17.5 Å². The minimum atomic E-state index is -4.45. The number of rotatable bonds is 15. The Balaban J connectivity index is 0.000000376. The number of hydrogen-bond acceptors (Lipinski definition) is 17. The minimum Gasteiger partial charge on any atom is -0.778 e. The van der Waals surface area contributed by atoms with Gasteiger partial charge in [-0.25, -0.2) is 36.8 Å². The Kier molecular flexibility index (Phi) is 27.7. The van der Waals surface area contributed by atoms with Gasteiger partial charge in [0.25, 0.3) is 10.0 Å². The molecule has 6 N–H and O–H groups in total. The van der Waals surface area contributed by atoms with Crippen LogP contribution in [0.3, 0.4) is 0 Å². The number of halogens is 7. The number of alkyl halides is 3. The van der Waals surface area contributed by atoms with E-state index in [2.05, 4.69) is 39.0 Å². The van der Waals surface area contributed by atoms with Crippen LogP contribution in [-0.4, -0.2) is 127 Å². The SMILES string of the molecule is CC(C)=C1OC(=O)N(c2cc(OC3CCCC3)c(Cl)cc2F)C1=O.COc1c(Cl)ccc(Cl)c1C(=O)O.COc1nc(C)nc(NC(=O)NS(=O)(=O)c2ccccc2CCC(F)(F)F)n1.C[S+](C)C.O=C(O)CNCP(=O)([O-])O. The van der Waals surface area contributed by atoms with Crippen LogP contribution in [0.2, 0.25) is 15.1 Å². The molecule has 4 amide bonds. The third-order valence-corrected chi connectivity index (χ3v) is 12.4. The predicted molar refractivity (Wildman–Crippen MR) is 283 cm³/mol. The fraction of sp³-hybridized carbons (Fsp3) is 0.391. The molecule has 79 heavy (non-hydrogen) atoms. The summed E-state index contributed by atoms with van der Waals surface area (Å²) in [5, 5.41) is 21.3. The molecule has 6 rings (SSSR count). The molecule has 1 aromatic heterocycles. The number of carbonyl (C=O) groups excluding carboxylic acids is 3. The Bertz CT molecular complexity index is 3000. The molecule has 3 aromatic carbocycles. The molecule has 0 spiro atoms. The molecule has 23 nitrogen and oxygen atoms in total. The number of amides is 4. The van der Waals surface area contributed by atoms with Crippen LogP contribution in [0, 0.1) is 12.7 Å². The summed E-state index contributed by atoms with van der Waals surface area (Å²) in [5.41, 5.74) is 0.126. The summed E-state index contributed by atoms with van der Waals surface area (Å²) < 4.78 is 109. The van der Waals surface area contributed by atoms with E-state index < -0.39 is 90.2 Å². The van der Waals surface area contributed by atoms with Crippen molar-refractivity contribution in [3.63, 3.8) is 0 Å². The molecular formula is C46H55Cl3F4N7O16PS2. The van der Waals surface area contributed by atoms with Crippen molar-refractivity contribution in [2.24, 2.45) is 0 Å².